The number of pyridine rings is 1. The highest BCUT2D eigenvalue weighted by Crippen LogP contribution is 2.27. The van der Waals surface area contributed by atoms with E-state index in [1.807, 2.05) is 18.3 Å². The topological polar surface area (TPSA) is 49.3 Å². The molecule has 0 amide bonds. The largest absolute Gasteiger partial charge is 0.356 e. The van der Waals surface area contributed by atoms with Crippen LogP contribution in [0.4, 0.5) is 0 Å². The molecule has 4 nitrogen and oxygen atoms in total. The van der Waals surface area contributed by atoms with Crippen molar-refractivity contribution in [2.45, 2.75) is 19.4 Å². The van der Waals surface area contributed by atoms with E-state index in [9.17, 15) is 0 Å². The molecule has 2 aromatic rings. The van der Waals surface area contributed by atoms with Crippen LogP contribution >= 0.6 is 24.0 Å². The first-order valence-corrected chi connectivity index (χ1v) is 7.14. The molecule has 5 heteroatoms. The molecule has 1 fully saturated rings. The van der Waals surface area contributed by atoms with Gasteiger partial charge in [-0.3, -0.25) is 9.98 Å². The molecule has 0 spiro atoms. The number of benzene rings is 1. The van der Waals surface area contributed by atoms with Crippen molar-refractivity contribution in [2.75, 3.05) is 13.6 Å². The van der Waals surface area contributed by atoms with E-state index in [1.54, 1.807) is 7.05 Å². The van der Waals surface area contributed by atoms with Crippen molar-refractivity contribution in [3.05, 3.63) is 42.2 Å². The number of rotatable bonds is 4. The molecule has 1 aromatic carbocycles. The Kier molecular flexibility index (Phi) is 5.78. The second-order valence-electron chi connectivity index (χ2n) is 5.23. The SMILES string of the molecule is CN=C(NCc1nccc2ccccc12)NCC1CC1.I. The molecular weight excluding hydrogens is 375 g/mol. The van der Waals surface area contributed by atoms with Crippen LogP contribution in [-0.2, 0) is 6.54 Å². The minimum atomic E-state index is 0. The average Bonchev–Trinajstić information content (AvgIpc) is 3.32. The van der Waals surface area contributed by atoms with Crippen LogP contribution in [-0.4, -0.2) is 24.5 Å². The molecule has 1 aromatic heterocycles. The minimum absolute atomic E-state index is 0. The highest BCUT2D eigenvalue weighted by Gasteiger charge is 2.21. The number of nitrogens with one attached hydrogen (secondary N) is 2. The van der Waals surface area contributed by atoms with Gasteiger partial charge in [0.1, 0.15) is 0 Å². The molecule has 21 heavy (non-hydrogen) atoms. The third-order valence-electron chi connectivity index (χ3n) is 3.66. The van der Waals surface area contributed by atoms with Crippen molar-refractivity contribution < 1.29 is 0 Å². The van der Waals surface area contributed by atoms with Gasteiger partial charge in [0.2, 0.25) is 0 Å². The van der Waals surface area contributed by atoms with Gasteiger partial charge in [0, 0.05) is 25.2 Å². The van der Waals surface area contributed by atoms with E-state index in [0.29, 0.717) is 6.54 Å². The van der Waals surface area contributed by atoms with E-state index in [-0.39, 0.29) is 24.0 Å². The lowest BCUT2D eigenvalue weighted by Crippen LogP contribution is -2.38. The molecule has 112 valence electrons. The predicted octanol–water partition coefficient (Wildman–Crippen LogP) is 2.93. The number of aromatic nitrogens is 1. The Morgan fingerprint density at radius 2 is 2.05 bits per heavy atom. The number of fused-ring (bicyclic) bond motifs is 1. The van der Waals surface area contributed by atoms with Crippen molar-refractivity contribution in [2.24, 2.45) is 10.9 Å². The van der Waals surface area contributed by atoms with Gasteiger partial charge >= 0.3 is 0 Å². The van der Waals surface area contributed by atoms with Crippen molar-refractivity contribution in [3.63, 3.8) is 0 Å². The number of hydrogen-bond donors (Lipinski definition) is 2. The fraction of sp³-hybridized carbons (Fsp3) is 0.375. The summed E-state index contributed by atoms with van der Waals surface area (Å²) >= 11 is 0. The van der Waals surface area contributed by atoms with Crippen molar-refractivity contribution in [3.8, 4) is 0 Å². The Hall–Kier alpha value is -1.37. The summed E-state index contributed by atoms with van der Waals surface area (Å²) in [6.45, 7) is 1.70. The van der Waals surface area contributed by atoms with Gasteiger partial charge in [-0.15, -0.1) is 24.0 Å². The summed E-state index contributed by atoms with van der Waals surface area (Å²) in [7, 11) is 1.80. The van der Waals surface area contributed by atoms with E-state index >= 15 is 0 Å². The predicted molar refractivity (Wildman–Crippen MR) is 98.1 cm³/mol. The maximum absolute atomic E-state index is 4.48. The molecular formula is C16H21IN4. The van der Waals surface area contributed by atoms with Crippen LogP contribution in [0.15, 0.2) is 41.5 Å². The molecule has 1 saturated carbocycles. The van der Waals surface area contributed by atoms with Crippen LogP contribution in [0.3, 0.4) is 0 Å². The molecule has 0 aliphatic heterocycles. The quantitative estimate of drug-likeness (QED) is 0.475. The van der Waals surface area contributed by atoms with E-state index < -0.39 is 0 Å². The Morgan fingerprint density at radius 3 is 2.81 bits per heavy atom. The summed E-state index contributed by atoms with van der Waals surface area (Å²) < 4.78 is 0. The Morgan fingerprint density at radius 1 is 1.24 bits per heavy atom. The number of nitrogens with zero attached hydrogens (tertiary/aromatic N) is 2. The molecule has 2 N–H and O–H groups in total. The lowest BCUT2D eigenvalue weighted by Gasteiger charge is -2.12. The maximum atomic E-state index is 4.48. The van der Waals surface area contributed by atoms with Gasteiger partial charge in [-0.2, -0.15) is 0 Å². The van der Waals surface area contributed by atoms with Gasteiger partial charge in [0.05, 0.1) is 12.2 Å². The summed E-state index contributed by atoms with van der Waals surface area (Å²) in [6, 6.07) is 10.4. The first kappa shape index (κ1) is 16.0. The zero-order valence-corrected chi connectivity index (χ0v) is 14.5. The van der Waals surface area contributed by atoms with Crippen molar-refractivity contribution in [1.29, 1.82) is 0 Å². The molecule has 1 aliphatic rings. The van der Waals surface area contributed by atoms with Crippen molar-refractivity contribution in [1.82, 2.24) is 15.6 Å². The van der Waals surface area contributed by atoms with Crippen molar-refractivity contribution >= 4 is 40.7 Å². The second-order valence-corrected chi connectivity index (χ2v) is 5.23. The molecule has 0 unspecified atom stereocenters. The second kappa shape index (κ2) is 7.59. The van der Waals surface area contributed by atoms with Crippen LogP contribution in [0.1, 0.15) is 18.5 Å². The fourth-order valence-electron chi connectivity index (χ4n) is 2.27. The van der Waals surface area contributed by atoms with Crippen LogP contribution in [0.5, 0.6) is 0 Å². The third-order valence-corrected chi connectivity index (χ3v) is 3.66. The van der Waals surface area contributed by atoms with Gasteiger partial charge in [0.15, 0.2) is 5.96 Å². The molecule has 0 atom stereocenters. The molecule has 0 radical (unpaired) electrons. The zero-order chi connectivity index (χ0) is 13.8. The fourth-order valence-corrected chi connectivity index (χ4v) is 2.27. The number of guanidine groups is 1. The lowest BCUT2D eigenvalue weighted by molar-refractivity contribution is 0.734. The third kappa shape index (κ3) is 4.30. The molecule has 0 bridgehead atoms. The van der Waals surface area contributed by atoms with E-state index in [4.69, 9.17) is 0 Å². The number of hydrogen-bond acceptors (Lipinski definition) is 2. The lowest BCUT2D eigenvalue weighted by atomic mass is 10.1. The molecule has 0 saturated heterocycles. The summed E-state index contributed by atoms with van der Waals surface area (Å²) in [5, 5.41) is 9.12. The highest BCUT2D eigenvalue weighted by atomic mass is 127. The summed E-state index contributed by atoms with van der Waals surface area (Å²) in [5.74, 6) is 1.69. The zero-order valence-electron chi connectivity index (χ0n) is 12.2. The first-order valence-electron chi connectivity index (χ1n) is 7.14. The maximum Gasteiger partial charge on any atom is 0.191 e. The summed E-state index contributed by atoms with van der Waals surface area (Å²) in [4.78, 5) is 8.73. The summed E-state index contributed by atoms with van der Waals surface area (Å²) in [5.41, 5.74) is 1.05. The highest BCUT2D eigenvalue weighted by molar-refractivity contribution is 14.0. The van der Waals surface area contributed by atoms with Crippen LogP contribution < -0.4 is 10.6 Å². The number of halogens is 1. The smallest absolute Gasteiger partial charge is 0.191 e. The Bertz CT molecular complexity index is 617. The number of aliphatic imine (C=N–C) groups is 1. The van der Waals surface area contributed by atoms with Crippen LogP contribution in [0.25, 0.3) is 10.8 Å². The average molecular weight is 396 g/mol. The minimum Gasteiger partial charge on any atom is -0.356 e. The first-order chi connectivity index (χ1) is 9.86. The van der Waals surface area contributed by atoms with Crippen LogP contribution in [0, 0.1) is 5.92 Å². The standard InChI is InChI=1S/C16H20N4.HI/c1-17-16(19-10-12-6-7-12)20-11-15-14-5-3-2-4-13(14)8-9-18-15;/h2-5,8-9,12H,6-7,10-11H2,1H3,(H2,17,19,20);1H. The van der Waals surface area contributed by atoms with Crippen LogP contribution in [0.2, 0.25) is 0 Å². The van der Waals surface area contributed by atoms with Gasteiger partial charge in [0.25, 0.3) is 0 Å². The van der Waals surface area contributed by atoms with Gasteiger partial charge < -0.3 is 10.6 Å². The Labute approximate surface area is 142 Å². The van der Waals surface area contributed by atoms with E-state index in [0.717, 1.165) is 24.1 Å². The molecule has 1 heterocycles. The van der Waals surface area contributed by atoms with Gasteiger partial charge in [-0.25, -0.2) is 0 Å². The van der Waals surface area contributed by atoms with E-state index in [2.05, 4.69) is 38.8 Å². The Balaban J connectivity index is 0.00000161. The summed E-state index contributed by atoms with van der Waals surface area (Å²) in [6.07, 6.45) is 4.55. The van der Waals surface area contributed by atoms with Gasteiger partial charge in [-0.1, -0.05) is 24.3 Å². The van der Waals surface area contributed by atoms with E-state index in [1.165, 1.54) is 23.6 Å². The monoisotopic (exact) mass is 396 g/mol. The van der Waals surface area contributed by atoms with Gasteiger partial charge in [-0.05, 0) is 30.2 Å². The normalized spacial score (nSPS) is 14.6. The molecule has 1 aliphatic carbocycles. The molecule has 3 rings (SSSR count).